The molecule has 134 valence electrons. The minimum Gasteiger partial charge on any atom is -0.249 e. The van der Waals surface area contributed by atoms with E-state index < -0.39 is 0 Å². The summed E-state index contributed by atoms with van der Waals surface area (Å²) >= 11 is 0. The SMILES string of the molecule is C=C1C=CC(=Nc2ccc(N=C3C=CC(=Nc4ccccc4)C=C3)cc2)C=C1. The number of aliphatic imine (C=N–C) groups is 3. The van der Waals surface area contributed by atoms with E-state index in [4.69, 9.17) is 0 Å². The maximum atomic E-state index is 4.66. The van der Waals surface area contributed by atoms with Crippen LogP contribution < -0.4 is 0 Å². The van der Waals surface area contributed by atoms with Crippen LogP contribution >= 0.6 is 0 Å². The Hall–Kier alpha value is -3.85. The van der Waals surface area contributed by atoms with Crippen molar-refractivity contribution in [3.63, 3.8) is 0 Å². The summed E-state index contributed by atoms with van der Waals surface area (Å²) in [4.78, 5) is 13.8. The molecule has 0 saturated carbocycles. The number of nitrogens with zero attached hydrogens (tertiary/aromatic N) is 3. The number of para-hydroxylation sites is 1. The molecule has 0 bridgehead atoms. The lowest BCUT2D eigenvalue weighted by atomic mass is 10.1. The van der Waals surface area contributed by atoms with Crippen molar-refractivity contribution in [2.45, 2.75) is 0 Å². The van der Waals surface area contributed by atoms with Gasteiger partial charge in [0.15, 0.2) is 0 Å². The summed E-state index contributed by atoms with van der Waals surface area (Å²) in [6.45, 7) is 3.89. The zero-order chi connectivity index (χ0) is 19.2. The standard InChI is InChI=1S/C25H19N3/c1-19-7-9-21(10-8-19)27-23-15-17-25(18-16-23)28-24-13-11-22(12-14-24)26-20-5-3-2-4-6-20/h2-18H,1H2. The van der Waals surface area contributed by atoms with Gasteiger partial charge in [-0.25, -0.2) is 15.0 Å². The first-order valence-corrected chi connectivity index (χ1v) is 9.07. The Kier molecular flexibility index (Phi) is 5.16. The summed E-state index contributed by atoms with van der Waals surface area (Å²) < 4.78 is 0. The Labute approximate surface area is 164 Å². The maximum absolute atomic E-state index is 4.66. The highest BCUT2D eigenvalue weighted by molar-refractivity contribution is 6.19. The number of hydrogen-bond donors (Lipinski definition) is 0. The van der Waals surface area contributed by atoms with Crippen LogP contribution in [0.15, 0.2) is 130 Å². The second kappa shape index (κ2) is 8.23. The minimum absolute atomic E-state index is 0.889. The quantitative estimate of drug-likeness (QED) is 0.566. The molecule has 2 aliphatic rings. The first-order chi connectivity index (χ1) is 13.7. The zero-order valence-corrected chi connectivity index (χ0v) is 15.4. The third-order valence-electron chi connectivity index (χ3n) is 4.17. The normalized spacial score (nSPS) is 15.1. The van der Waals surface area contributed by atoms with E-state index in [1.807, 2.05) is 103 Å². The number of rotatable bonds is 3. The molecule has 0 aromatic heterocycles. The van der Waals surface area contributed by atoms with Gasteiger partial charge in [0, 0.05) is 0 Å². The van der Waals surface area contributed by atoms with Crippen LogP contribution in [0.3, 0.4) is 0 Å². The Morgan fingerprint density at radius 2 is 0.786 bits per heavy atom. The second-order valence-electron chi connectivity index (χ2n) is 6.37. The van der Waals surface area contributed by atoms with Gasteiger partial charge < -0.3 is 0 Å². The topological polar surface area (TPSA) is 37.1 Å². The highest BCUT2D eigenvalue weighted by Crippen LogP contribution is 2.21. The molecule has 0 unspecified atom stereocenters. The zero-order valence-electron chi connectivity index (χ0n) is 15.4. The van der Waals surface area contributed by atoms with Crippen LogP contribution in [0.25, 0.3) is 0 Å². The predicted molar refractivity (Wildman–Crippen MR) is 120 cm³/mol. The van der Waals surface area contributed by atoms with Crippen molar-refractivity contribution >= 4 is 34.2 Å². The molecule has 4 rings (SSSR count). The largest absolute Gasteiger partial charge is 0.249 e. The highest BCUT2D eigenvalue weighted by Gasteiger charge is 2.01. The third kappa shape index (κ3) is 4.65. The van der Waals surface area contributed by atoms with Crippen LogP contribution in [0, 0.1) is 0 Å². The molecule has 0 amide bonds. The lowest BCUT2D eigenvalue weighted by molar-refractivity contribution is 1.47. The van der Waals surface area contributed by atoms with Crippen LogP contribution in [0.4, 0.5) is 17.1 Å². The molecule has 2 aliphatic carbocycles. The summed E-state index contributed by atoms with van der Waals surface area (Å²) in [7, 11) is 0. The van der Waals surface area contributed by atoms with E-state index >= 15 is 0 Å². The molecule has 3 nitrogen and oxygen atoms in total. The minimum atomic E-state index is 0.889. The Morgan fingerprint density at radius 1 is 0.429 bits per heavy atom. The smallest absolute Gasteiger partial charge is 0.0638 e. The molecular weight excluding hydrogens is 342 g/mol. The van der Waals surface area contributed by atoms with E-state index in [2.05, 4.69) is 21.6 Å². The Balaban J connectivity index is 1.45. The molecule has 0 radical (unpaired) electrons. The van der Waals surface area contributed by atoms with E-state index in [1.54, 1.807) is 0 Å². The van der Waals surface area contributed by atoms with Crippen LogP contribution in [-0.4, -0.2) is 17.1 Å². The predicted octanol–water partition coefficient (Wildman–Crippen LogP) is 6.41. The average Bonchev–Trinajstić information content (AvgIpc) is 2.73. The Bertz CT molecular complexity index is 1050. The summed E-state index contributed by atoms with van der Waals surface area (Å²) in [6, 6.07) is 17.8. The molecule has 0 saturated heterocycles. The van der Waals surface area contributed by atoms with Gasteiger partial charge in [-0.1, -0.05) is 36.9 Å². The lowest BCUT2D eigenvalue weighted by Crippen LogP contribution is -1.99. The van der Waals surface area contributed by atoms with Crippen molar-refractivity contribution in [2.75, 3.05) is 0 Å². The molecule has 0 N–H and O–H groups in total. The molecule has 0 fully saturated rings. The van der Waals surface area contributed by atoms with E-state index in [0.29, 0.717) is 0 Å². The van der Waals surface area contributed by atoms with Crippen molar-refractivity contribution in [1.29, 1.82) is 0 Å². The van der Waals surface area contributed by atoms with E-state index in [9.17, 15) is 0 Å². The molecule has 3 heteroatoms. The van der Waals surface area contributed by atoms with Gasteiger partial charge in [-0.2, -0.15) is 0 Å². The summed E-state index contributed by atoms with van der Waals surface area (Å²) in [6.07, 6.45) is 15.7. The van der Waals surface area contributed by atoms with Crippen LogP contribution in [-0.2, 0) is 0 Å². The molecular formula is C25H19N3. The second-order valence-corrected chi connectivity index (χ2v) is 6.37. The number of allylic oxidation sites excluding steroid dienone is 9. The monoisotopic (exact) mass is 361 g/mol. The molecule has 28 heavy (non-hydrogen) atoms. The summed E-state index contributed by atoms with van der Waals surface area (Å²) in [5.41, 5.74) is 6.42. The van der Waals surface area contributed by atoms with Gasteiger partial charge in [-0.15, -0.1) is 0 Å². The third-order valence-corrected chi connectivity index (χ3v) is 4.17. The first-order valence-electron chi connectivity index (χ1n) is 9.07. The van der Waals surface area contributed by atoms with E-state index in [-0.39, 0.29) is 0 Å². The highest BCUT2D eigenvalue weighted by atomic mass is 14.8. The fraction of sp³-hybridized carbons (Fsp3) is 0. The van der Waals surface area contributed by atoms with Crippen LogP contribution in [0.5, 0.6) is 0 Å². The summed E-state index contributed by atoms with van der Waals surface area (Å²) in [5.74, 6) is 0. The number of benzene rings is 2. The van der Waals surface area contributed by atoms with Gasteiger partial charge in [0.05, 0.1) is 34.2 Å². The van der Waals surface area contributed by atoms with Crippen molar-refractivity contribution < 1.29 is 0 Å². The molecule has 2 aromatic rings. The molecule has 0 spiro atoms. The lowest BCUT2D eigenvalue weighted by Gasteiger charge is -2.04. The van der Waals surface area contributed by atoms with E-state index in [0.717, 1.165) is 39.8 Å². The van der Waals surface area contributed by atoms with Gasteiger partial charge in [0.25, 0.3) is 0 Å². The van der Waals surface area contributed by atoms with Gasteiger partial charge >= 0.3 is 0 Å². The average molecular weight is 361 g/mol. The fourth-order valence-corrected chi connectivity index (χ4v) is 2.72. The summed E-state index contributed by atoms with van der Waals surface area (Å²) in [5, 5.41) is 0. The number of hydrogen-bond acceptors (Lipinski definition) is 3. The van der Waals surface area contributed by atoms with Crippen molar-refractivity contribution in [3.8, 4) is 0 Å². The maximum Gasteiger partial charge on any atom is 0.0638 e. The van der Waals surface area contributed by atoms with Crippen molar-refractivity contribution in [1.82, 2.24) is 0 Å². The van der Waals surface area contributed by atoms with Crippen LogP contribution in [0.2, 0.25) is 0 Å². The van der Waals surface area contributed by atoms with Gasteiger partial charge in [0.1, 0.15) is 0 Å². The van der Waals surface area contributed by atoms with Crippen molar-refractivity contribution in [2.24, 2.45) is 15.0 Å². The van der Waals surface area contributed by atoms with Gasteiger partial charge in [-0.05, 0) is 78.4 Å². The van der Waals surface area contributed by atoms with Gasteiger partial charge in [-0.3, -0.25) is 0 Å². The molecule has 0 heterocycles. The van der Waals surface area contributed by atoms with Crippen molar-refractivity contribution in [3.05, 3.63) is 115 Å². The van der Waals surface area contributed by atoms with E-state index in [1.165, 1.54) is 0 Å². The van der Waals surface area contributed by atoms with Crippen LogP contribution in [0.1, 0.15) is 0 Å². The molecule has 0 aliphatic heterocycles. The Morgan fingerprint density at radius 3 is 1.21 bits per heavy atom. The molecule has 0 atom stereocenters. The molecule has 2 aromatic carbocycles. The first kappa shape index (κ1) is 17.6. The van der Waals surface area contributed by atoms with Gasteiger partial charge in [0.2, 0.25) is 0 Å². The fourth-order valence-electron chi connectivity index (χ4n) is 2.72.